The fraction of sp³-hybridized carbons (Fsp3) is 0.0769. The Morgan fingerprint density at radius 2 is 2.25 bits per heavy atom. The maximum atomic E-state index is 13.6. The topological polar surface area (TPSA) is 43.6 Å². The van der Waals surface area contributed by atoms with Crippen molar-refractivity contribution >= 4 is 32.2 Å². The Morgan fingerprint density at radius 3 is 3.05 bits per heavy atom. The number of nitrogens with zero attached hydrogens (tertiary/aromatic N) is 2. The lowest BCUT2D eigenvalue weighted by Crippen LogP contribution is -2.14. The number of benzene rings is 1. The van der Waals surface area contributed by atoms with E-state index in [0.717, 1.165) is 0 Å². The van der Waals surface area contributed by atoms with Crippen LogP contribution in [-0.2, 0) is 6.61 Å². The molecular formula is C13H8BrFN2O2S. The first-order valence-electron chi connectivity index (χ1n) is 5.67. The van der Waals surface area contributed by atoms with Crippen LogP contribution in [0.4, 0.5) is 4.39 Å². The molecule has 0 aliphatic heterocycles. The molecule has 0 saturated carbocycles. The van der Waals surface area contributed by atoms with Gasteiger partial charge in [-0.3, -0.25) is 9.20 Å². The average Bonchev–Trinajstić information content (AvgIpc) is 2.86. The summed E-state index contributed by atoms with van der Waals surface area (Å²) in [6, 6.07) is 5.91. The predicted molar refractivity (Wildman–Crippen MR) is 77.8 cm³/mol. The molecule has 0 fully saturated rings. The first-order valence-corrected chi connectivity index (χ1v) is 7.34. The molecule has 102 valence electrons. The third kappa shape index (κ3) is 2.59. The number of hydrogen-bond acceptors (Lipinski definition) is 4. The molecule has 0 bridgehead atoms. The summed E-state index contributed by atoms with van der Waals surface area (Å²) in [5.41, 5.74) is 0.297. The summed E-state index contributed by atoms with van der Waals surface area (Å²) in [6.07, 6.45) is 1.66. The van der Waals surface area contributed by atoms with Gasteiger partial charge in [0, 0.05) is 22.1 Å². The maximum Gasteiger partial charge on any atom is 0.258 e. The van der Waals surface area contributed by atoms with E-state index in [1.165, 1.54) is 33.9 Å². The summed E-state index contributed by atoms with van der Waals surface area (Å²) >= 11 is 4.53. The second kappa shape index (κ2) is 5.34. The van der Waals surface area contributed by atoms with Crippen LogP contribution in [0, 0.1) is 5.82 Å². The van der Waals surface area contributed by atoms with Crippen molar-refractivity contribution < 1.29 is 9.13 Å². The predicted octanol–water partition coefficient (Wildman–Crippen LogP) is 3.24. The number of hydrogen-bond donors (Lipinski definition) is 0. The van der Waals surface area contributed by atoms with Gasteiger partial charge in [0.05, 0.1) is 5.69 Å². The molecule has 0 spiro atoms. The highest BCUT2D eigenvalue weighted by Crippen LogP contribution is 2.22. The van der Waals surface area contributed by atoms with E-state index in [9.17, 15) is 9.18 Å². The second-order valence-corrected chi connectivity index (χ2v) is 5.79. The van der Waals surface area contributed by atoms with Crippen molar-refractivity contribution in [2.45, 2.75) is 6.61 Å². The summed E-state index contributed by atoms with van der Waals surface area (Å²) in [4.78, 5) is 16.7. The summed E-state index contributed by atoms with van der Waals surface area (Å²) in [6.45, 7) is 0.0438. The Kier molecular flexibility index (Phi) is 3.54. The van der Waals surface area contributed by atoms with Crippen LogP contribution in [-0.4, -0.2) is 9.38 Å². The molecule has 7 heteroatoms. The van der Waals surface area contributed by atoms with Crippen molar-refractivity contribution in [3.05, 3.63) is 62.2 Å². The first-order chi connectivity index (χ1) is 9.63. The van der Waals surface area contributed by atoms with Crippen molar-refractivity contribution in [1.29, 1.82) is 0 Å². The van der Waals surface area contributed by atoms with E-state index < -0.39 is 5.82 Å². The highest BCUT2D eigenvalue weighted by Gasteiger charge is 2.07. The number of thiazole rings is 1. The molecule has 0 radical (unpaired) electrons. The van der Waals surface area contributed by atoms with Gasteiger partial charge in [-0.25, -0.2) is 9.37 Å². The van der Waals surface area contributed by atoms with Crippen LogP contribution in [0.3, 0.4) is 0 Å². The fourth-order valence-corrected chi connectivity index (χ4v) is 2.78. The van der Waals surface area contributed by atoms with Crippen molar-refractivity contribution in [3.8, 4) is 5.75 Å². The highest BCUT2D eigenvalue weighted by molar-refractivity contribution is 9.10. The zero-order valence-electron chi connectivity index (χ0n) is 10.0. The molecule has 4 nitrogen and oxygen atoms in total. The van der Waals surface area contributed by atoms with Gasteiger partial charge in [0.1, 0.15) is 6.61 Å². The molecule has 3 aromatic rings. The number of ether oxygens (including phenoxy) is 1. The van der Waals surface area contributed by atoms with Crippen LogP contribution in [0.2, 0.25) is 0 Å². The number of aromatic nitrogens is 2. The van der Waals surface area contributed by atoms with E-state index in [0.29, 0.717) is 15.1 Å². The fourth-order valence-electron chi connectivity index (χ4n) is 1.71. The Bertz CT molecular complexity index is 831. The Hall–Kier alpha value is -1.73. The van der Waals surface area contributed by atoms with Crippen LogP contribution >= 0.6 is 27.3 Å². The molecule has 3 rings (SSSR count). The SMILES string of the molecule is O=c1cc(COc2ccc(Br)cc2F)nc2sccn12. The smallest absolute Gasteiger partial charge is 0.258 e. The average molecular weight is 355 g/mol. The van der Waals surface area contributed by atoms with E-state index in [1.54, 1.807) is 17.6 Å². The normalized spacial score (nSPS) is 10.9. The lowest BCUT2D eigenvalue weighted by atomic mass is 10.3. The monoisotopic (exact) mass is 354 g/mol. The van der Waals surface area contributed by atoms with Crippen LogP contribution in [0.25, 0.3) is 4.96 Å². The largest absolute Gasteiger partial charge is 0.484 e. The van der Waals surface area contributed by atoms with Crippen molar-refractivity contribution in [3.63, 3.8) is 0 Å². The van der Waals surface area contributed by atoms with Gasteiger partial charge in [-0.2, -0.15) is 0 Å². The van der Waals surface area contributed by atoms with E-state index in [-0.39, 0.29) is 17.9 Å². The van der Waals surface area contributed by atoms with E-state index >= 15 is 0 Å². The van der Waals surface area contributed by atoms with Crippen LogP contribution in [0.1, 0.15) is 5.69 Å². The quantitative estimate of drug-likeness (QED) is 0.725. The lowest BCUT2D eigenvalue weighted by molar-refractivity contribution is 0.286. The molecule has 2 heterocycles. The number of halogens is 2. The maximum absolute atomic E-state index is 13.6. The summed E-state index contributed by atoms with van der Waals surface area (Å²) in [7, 11) is 0. The first kappa shape index (κ1) is 13.3. The Labute approximate surface area is 125 Å². The van der Waals surface area contributed by atoms with E-state index in [1.807, 2.05) is 0 Å². The highest BCUT2D eigenvalue weighted by atomic mass is 79.9. The number of fused-ring (bicyclic) bond motifs is 1. The van der Waals surface area contributed by atoms with Gasteiger partial charge in [-0.05, 0) is 18.2 Å². The molecule has 0 aliphatic rings. The zero-order chi connectivity index (χ0) is 14.1. The molecule has 1 aromatic carbocycles. The number of rotatable bonds is 3. The van der Waals surface area contributed by atoms with Gasteiger partial charge in [-0.1, -0.05) is 15.9 Å². The molecule has 0 unspecified atom stereocenters. The second-order valence-electron chi connectivity index (χ2n) is 4.00. The standard InChI is InChI=1S/C13H8BrFN2O2S/c14-8-1-2-11(10(15)5-8)19-7-9-6-12(18)17-3-4-20-13(17)16-9/h1-6H,7H2. The lowest BCUT2D eigenvalue weighted by Gasteiger charge is -2.07. The minimum atomic E-state index is -0.465. The van der Waals surface area contributed by atoms with Gasteiger partial charge in [0.15, 0.2) is 16.5 Å². The molecule has 0 saturated heterocycles. The van der Waals surface area contributed by atoms with Crippen molar-refractivity contribution in [1.82, 2.24) is 9.38 Å². The van der Waals surface area contributed by atoms with Gasteiger partial charge in [-0.15, -0.1) is 11.3 Å². The van der Waals surface area contributed by atoms with Gasteiger partial charge < -0.3 is 4.74 Å². The molecule has 0 atom stereocenters. The van der Waals surface area contributed by atoms with Gasteiger partial charge in [0.2, 0.25) is 0 Å². The summed E-state index contributed by atoms with van der Waals surface area (Å²) < 4.78 is 21.0. The minimum Gasteiger partial charge on any atom is -0.484 e. The van der Waals surface area contributed by atoms with Crippen molar-refractivity contribution in [2.75, 3.05) is 0 Å². The van der Waals surface area contributed by atoms with Gasteiger partial charge >= 0.3 is 0 Å². The summed E-state index contributed by atoms with van der Waals surface area (Å²) in [5, 5.41) is 1.78. The van der Waals surface area contributed by atoms with E-state index in [4.69, 9.17) is 4.74 Å². The van der Waals surface area contributed by atoms with Crippen LogP contribution in [0.15, 0.2) is 45.1 Å². The van der Waals surface area contributed by atoms with Crippen molar-refractivity contribution in [2.24, 2.45) is 0 Å². The van der Waals surface area contributed by atoms with Crippen LogP contribution < -0.4 is 10.3 Å². The molecule has 2 aromatic heterocycles. The third-order valence-corrected chi connectivity index (χ3v) is 3.88. The van der Waals surface area contributed by atoms with Gasteiger partial charge in [0.25, 0.3) is 5.56 Å². The van der Waals surface area contributed by atoms with E-state index in [2.05, 4.69) is 20.9 Å². The molecule has 0 N–H and O–H groups in total. The molecular weight excluding hydrogens is 347 g/mol. The van der Waals surface area contributed by atoms with Crippen LogP contribution in [0.5, 0.6) is 5.75 Å². The molecule has 20 heavy (non-hydrogen) atoms. The molecule has 0 aliphatic carbocycles. The Morgan fingerprint density at radius 1 is 1.40 bits per heavy atom. The zero-order valence-corrected chi connectivity index (χ0v) is 12.4. The third-order valence-electron chi connectivity index (χ3n) is 2.63. The molecule has 0 amide bonds. The summed E-state index contributed by atoms with van der Waals surface area (Å²) in [5.74, 6) is -0.338. The minimum absolute atomic E-state index is 0.0438. The Balaban J connectivity index is 1.84.